The molecule has 0 radical (unpaired) electrons. The summed E-state index contributed by atoms with van der Waals surface area (Å²) in [4.78, 5) is 0. The Hall–Kier alpha value is -1.07. The van der Waals surface area contributed by atoms with Crippen LogP contribution < -0.4 is 5.30 Å². The van der Waals surface area contributed by atoms with E-state index in [1.165, 1.54) is 18.4 Å². The van der Waals surface area contributed by atoms with Gasteiger partial charge in [0.25, 0.3) is 0 Å². The quantitative estimate of drug-likeness (QED) is 0.450. The highest BCUT2D eigenvalue weighted by atomic mass is 31.2. The van der Waals surface area contributed by atoms with Crippen LogP contribution in [0.4, 0.5) is 0 Å². The first-order valence-electron chi connectivity index (χ1n) is 9.03. The average molecular weight is 330 g/mol. The van der Waals surface area contributed by atoms with Crippen LogP contribution in [0.25, 0.3) is 0 Å². The molecular weight excluding hydrogens is 299 g/mol. The molecule has 1 aromatic rings. The summed E-state index contributed by atoms with van der Waals surface area (Å²) in [6.07, 6.45) is 12.9. The topological polar surface area (TPSA) is 17.1 Å². The average Bonchev–Trinajstić information content (AvgIpc) is 2.59. The summed E-state index contributed by atoms with van der Waals surface area (Å²) in [7, 11) is -2.37. The van der Waals surface area contributed by atoms with Crippen LogP contribution in [0.3, 0.4) is 0 Å². The molecule has 1 aliphatic carbocycles. The van der Waals surface area contributed by atoms with E-state index in [0.29, 0.717) is 17.7 Å². The monoisotopic (exact) mass is 330 g/mol. The third-order valence-corrected chi connectivity index (χ3v) is 8.72. The molecule has 0 N–H and O–H groups in total. The Labute approximate surface area is 142 Å². The molecule has 1 aliphatic rings. The van der Waals surface area contributed by atoms with Gasteiger partial charge in [0.1, 0.15) is 7.14 Å². The van der Waals surface area contributed by atoms with Crippen molar-refractivity contribution in [1.29, 1.82) is 0 Å². The van der Waals surface area contributed by atoms with Crippen molar-refractivity contribution in [2.24, 2.45) is 5.92 Å². The highest BCUT2D eigenvalue weighted by molar-refractivity contribution is 7.72. The summed E-state index contributed by atoms with van der Waals surface area (Å²) in [6, 6.07) is 10.2. The lowest BCUT2D eigenvalue weighted by Crippen LogP contribution is -2.25. The largest absolute Gasteiger partial charge is 0.318 e. The van der Waals surface area contributed by atoms with Crippen LogP contribution >= 0.6 is 7.14 Å². The zero-order valence-electron chi connectivity index (χ0n) is 14.9. The summed E-state index contributed by atoms with van der Waals surface area (Å²) in [6.45, 7) is 6.62. The van der Waals surface area contributed by atoms with Gasteiger partial charge < -0.3 is 4.57 Å². The van der Waals surface area contributed by atoms with Crippen LogP contribution in [-0.2, 0) is 4.57 Å². The summed E-state index contributed by atoms with van der Waals surface area (Å²) >= 11 is 0. The Balaban J connectivity index is 2.23. The van der Waals surface area contributed by atoms with Crippen molar-refractivity contribution in [3.05, 3.63) is 54.1 Å². The van der Waals surface area contributed by atoms with Crippen LogP contribution in [0.15, 0.2) is 54.1 Å². The molecule has 0 spiro atoms. The third kappa shape index (κ3) is 4.95. The van der Waals surface area contributed by atoms with Crippen LogP contribution in [0.2, 0.25) is 0 Å². The zero-order valence-corrected chi connectivity index (χ0v) is 15.8. The molecule has 0 amide bonds. The minimum atomic E-state index is -2.37. The van der Waals surface area contributed by atoms with Crippen LogP contribution in [0.5, 0.6) is 0 Å². The van der Waals surface area contributed by atoms with Crippen molar-refractivity contribution in [2.45, 2.75) is 58.5 Å². The van der Waals surface area contributed by atoms with Gasteiger partial charge in [0.15, 0.2) is 0 Å². The summed E-state index contributed by atoms with van der Waals surface area (Å²) in [5.41, 5.74) is 1.72. The molecule has 0 heterocycles. The maximum absolute atomic E-state index is 14.0. The lowest BCUT2D eigenvalue weighted by molar-refractivity contribution is 0.383. The van der Waals surface area contributed by atoms with E-state index in [0.717, 1.165) is 24.6 Å². The normalized spacial score (nSPS) is 25.4. The predicted octanol–water partition coefficient (Wildman–Crippen LogP) is 6.17. The van der Waals surface area contributed by atoms with Gasteiger partial charge in [0.05, 0.1) is 0 Å². The van der Waals surface area contributed by atoms with Crippen molar-refractivity contribution in [2.75, 3.05) is 6.16 Å². The second-order valence-corrected chi connectivity index (χ2v) is 10.2. The van der Waals surface area contributed by atoms with E-state index >= 15 is 0 Å². The van der Waals surface area contributed by atoms with Crippen molar-refractivity contribution >= 4 is 12.4 Å². The molecule has 126 valence electrons. The summed E-state index contributed by atoms with van der Waals surface area (Å²) in [5, 5.41) is 1.07. The van der Waals surface area contributed by atoms with E-state index in [2.05, 4.69) is 51.1 Å². The molecule has 1 aromatic carbocycles. The van der Waals surface area contributed by atoms with Gasteiger partial charge in [-0.2, -0.15) is 0 Å². The van der Waals surface area contributed by atoms with Crippen molar-refractivity contribution in [3.63, 3.8) is 0 Å². The molecule has 1 nitrogen and oxygen atoms in total. The molecule has 2 unspecified atom stereocenters. The lowest BCUT2D eigenvalue weighted by Gasteiger charge is -2.33. The van der Waals surface area contributed by atoms with Gasteiger partial charge in [0.2, 0.25) is 0 Å². The molecule has 0 aliphatic heterocycles. The van der Waals surface area contributed by atoms with Gasteiger partial charge in [-0.25, -0.2) is 0 Å². The standard InChI is InChI=1S/C21H31OP/c1-4-18(2)11-8-9-16-23(22,20-13-6-5-7-14-20)21-15-10-12-19(3)17-21/h5-9,11,13-14,19,21H,4,10,12,15-17H2,1-3H3/b9-8-,18-11-/t19?,21?,23-/m1/s1. The smallest absolute Gasteiger partial charge is 0.122 e. The molecule has 0 saturated heterocycles. The molecule has 23 heavy (non-hydrogen) atoms. The van der Waals surface area contributed by atoms with E-state index in [1.807, 2.05) is 18.2 Å². The van der Waals surface area contributed by atoms with Gasteiger partial charge in [-0.3, -0.25) is 0 Å². The number of hydrogen-bond donors (Lipinski definition) is 0. The molecular formula is C21H31OP. The zero-order chi connectivity index (χ0) is 16.7. The second kappa shape index (κ2) is 8.69. The lowest BCUT2D eigenvalue weighted by atomic mass is 9.90. The molecule has 0 aromatic heterocycles. The Kier molecular flexibility index (Phi) is 6.90. The maximum Gasteiger partial charge on any atom is 0.122 e. The van der Waals surface area contributed by atoms with Gasteiger partial charge in [-0.15, -0.1) is 0 Å². The van der Waals surface area contributed by atoms with E-state index in [1.54, 1.807) is 0 Å². The van der Waals surface area contributed by atoms with E-state index in [-0.39, 0.29) is 0 Å². The van der Waals surface area contributed by atoms with Gasteiger partial charge >= 0.3 is 0 Å². The minimum Gasteiger partial charge on any atom is -0.318 e. The van der Waals surface area contributed by atoms with Gasteiger partial charge in [0, 0.05) is 17.1 Å². The molecule has 1 fully saturated rings. The number of benzene rings is 1. The van der Waals surface area contributed by atoms with Crippen LogP contribution in [0, 0.1) is 5.92 Å². The van der Waals surface area contributed by atoms with Crippen LogP contribution in [0.1, 0.15) is 52.9 Å². The third-order valence-electron chi connectivity index (χ3n) is 5.14. The number of allylic oxidation sites excluding steroid dienone is 4. The molecule has 0 bridgehead atoms. The Bertz CT molecular complexity index is 585. The Morgan fingerprint density at radius 3 is 2.65 bits per heavy atom. The van der Waals surface area contributed by atoms with E-state index in [9.17, 15) is 4.57 Å². The van der Waals surface area contributed by atoms with Crippen molar-refractivity contribution < 1.29 is 4.57 Å². The first-order chi connectivity index (χ1) is 11.1. The molecule has 2 heteroatoms. The minimum absolute atomic E-state index is 0.356. The van der Waals surface area contributed by atoms with E-state index in [4.69, 9.17) is 0 Å². The fourth-order valence-corrected chi connectivity index (χ4v) is 6.84. The van der Waals surface area contributed by atoms with E-state index < -0.39 is 7.14 Å². The summed E-state index contributed by atoms with van der Waals surface area (Å²) in [5.74, 6) is 0.706. The highest BCUT2D eigenvalue weighted by Crippen LogP contribution is 2.55. The number of rotatable bonds is 6. The maximum atomic E-state index is 14.0. The first kappa shape index (κ1) is 18.3. The van der Waals surface area contributed by atoms with Crippen molar-refractivity contribution in [3.8, 4) is 0 Å². The van der Waals surface area contributed by atoms with Gasteiger partial charge in [-0.05, 0) is 32.1 Å². The Morgan fingerprint density at radius 2 is 2.00 bits per heavy atom. The second-order valence-electron chi connectivity index (χ2n) is 7.03. The SMILES string of the molecule is CC/C(C)=C\C=C/C[P@@](=O)(c1ccccc1)C1CCCC(C)C1. The molecule has 2 rings (SSSR count). The fraction of sp³-hybridized carbons (Fsp3) is 0.524. The fourth-order valence-electron chi connectivity index (χ4n) is 3.49. The highest BCUT2D eigenvalue weighted by Gasteiger charge is 2.36. The Morgan fingerprint density at radius 1 is 1.26 bits per heavy atom. The van der Waals surface area contributed by atoms with Gasteiger partial charge in [-0.1, -0.05) is 80.8 Å². The number of hydrogen-bond acceptors (Lipinski definition) is 1. The summed E-state index contributed by atoms with van der Waals surface area (Å²) < 4.78 is 14.0. The van der Waals surface area contributed by atoms with Crippen LogP contribution in [-0.4, -0.2) is 11.8 Å². The van der Waals surface area contributed by atoms with Crippen molar-refractivity contribution in [1.82, 2.24) is 0 Å². The molecule has 3 atom stereocenters. The molecule has 1 saturated carbocycles. The predicted molar refractivity (Wildman–Crippen MR) is 103 cm³/mol. The first-order valence-corrected chi connectivity index (χ1v) is 11.0.